The monoisotopic (exact) mass is 232 g/mol. The lowest BCUT2D eigenvalue weighted by molar-refractivity contribution is 0.0600. The van der Waals surface area contributed by atoms with Gasteiger partial charge in [0.1, 0.15) is 6.29 Å². The normalized spacial score (nSPS) is 15.8. The molecule has 0 unspecified atom stereocenters. The number of carbonyl (C=O) groups is 2. The molecule has 3 nitrogen and oxygen atoms in total. The third kappa shape index (κ3) is 2.54. The van der Waals surface area contributed by atoms with E-state index >= 15 is 0 Å². The molecule has 17 heavy (non-hydrogen) atoms. The number of rotatable bonds is 3. The van der Waals surface area contributed by atoms with E-state index in [1.54, 1.807) is 6.07 Å². The fourth-order valence-corrected chi connectivity index (χ4v) is 2.48. The molecule has 90 valence electrons. The molecule has 0 heterocycles. The summed E-state index contributed by atoms with van der Waals surface area (Å²) in [6.07, 6.45) is 5.52. The molecule has 0 radical (unpaired) electrons. The van der Waals surface area contributed by atoms with Gasteiger partial charge >= 0.3 is 5.97 Å². The van der Waals surface area contributed by atoms with Gasteiger partial charge < -0.3 is 4.74 Å². The number of ether oxygens (including phenoxy) is 1. The second-order valence-electron chi connectivity index (χ2n) is 4.48. The number of esters is 1. The Bertz CT molecular complexity index is 431. The molecule has 0 N–H and O–H groups in total. The van der Waals surface area contributed by atoms with Gasteiger partial charge in [-0.1, -0.05) is 12.8 Å². The first-order chi connectivity index (χ1) is 8.24. The maximum atomic E-state index is 11.5. The van der Waals surface area contributed by atoms with Crippen molar-refractivity contribution in [2.24, 2.45) is 0 Å². The third-order valence-corrected chi connectivity index (χ3v) is 3.36. The maximum Gasteiger partial charge on any atom is 0.337 e. The zero-order valence-electron chi connectivity index (χ0n) is 9.94. The molecular weight excluding hydrogens is 216 g/mol. The molecule has 0 aliphatic heterocycles. The van der Waals surface area contributed by atoms with Crippen LogP contribution in [0, 0.1) is 0 Å². The van der Waals surface area contributed by atoms with Crippen molar-refractivity contribution >= 4 is 12.3 Å². The summed E-state index contributed by atoms with van der Waals surface area (Å²) < 4.78 is 4.70. The standard InChI is InChI=1S/C14H16O3/c1-17-14(16)13-7-10(9-15)6-12(8-13)11-4-2-3-5-11/h6-9,11H,2-5H2,1H3. The average molecular weight is 232 g/mol. The van der Waals surface area contributed by atoms with E-state index in [1.807, 2.05) is 12.1 Å². The minimum Gasteiger partial charge on any atom is -0.465 e. The fourth-order valence-electron chi connectivity index (χ4n) is 2.48. The van der Waals surface area contributed by atoms with Crippen LogP contribution in [0.25, 0.3) is 0 Å². The van der Waals surface area contributed by atoms with Crippen molar-refractivity contribution in [3.05, 3.63) is 34.9 Å². The predicted molar refractivity (Wildman–Crippen MR) is 64.4 cm³/mol. The highest BCUT2D eigenvalue weighted by Crippen LogP contribution is 2.34. The Hall–Kier alpha value is -1.64. The van der Waals surface area contributed by atoms with Gasteiger partial charge in [-0.3, -0.25) is 4.79 Å². The van der Waals surface area contributed by atoms with E-state index in [1.165, 1.54) is 20.0 Å². The van der Waals surface area contributed by atoms with Crippen molar-refractivity contribution in [3.8, 4) is 0 Å². The number of aldehydes is 1. The van der Waals surface area contributed by atoms with E-state index in [2.05, 4.69) is 0 Å². The Morgan fingerprint density at radius 2 is 2.00 bits per heavy atom. The minimum absolute atomic E-state index is 0.382. The largest absolute Gasteiger partial charge is 0.465 e. The maximum absolute atomic E-state index is 11.5. The van der Waals surface area contributed by atoms with E-state index in [4.69, 9.17) is 4.74 Å². The number of carbonyl (C=O) groups excluding carboxylic acids is 2. The quantitative estimate of drug-likeness (QED) is 0.594. The van der Waals surface area contributed by atoms with Gasteiger partial charge in [0.25, 0.3) is 0 Å². The summed E-state index contributed by atoms with van der Waals surface area (Å²) in [5, 5.41) is 0. The Morgan fingerprint density at radius 1 is 1.29 bits per heavy atom. The summed E-state index contributed by atoms with van der Waals surface area (Å²) in [6, 6.07) is 5.32. The zero-order chi connectivity index (χ0) is 12.3. The summed E-state index contributed by atoms with van der Waals surface area (Å²) in [6.45, 7) is 0. The van der Waals surface area contributed by atoms with Crippen LogP contribution in [0.1, 0.15) is 57.9 Å². The molecule has 3 heteroatoms. The first kappa shape index (κ1) is 11.8. The highest BCUT2D eigenvalue weighted by molar-refractivity contribution is 5.92. The SMILES string of the molecule is COC(=O)c1cc(C=O)cc(C2CCCC2)c1. The molecule has 2 rings (SSSR count). The number of benzene rings is 1. The van der Waals surface area contributed by atoms with Gasteiger partial charge in [0.15, 0.2) is 0 Å². The van der Waals surface area contributed by atoms with Gasteiger partial charge in [0, 0.05) is 5.56 Å². The third-order valence-electron chi connectivity index (χ3n) is 3.36. The second kappa shape index (κ2) is 5.13. The van der Waals surface area contributed by atoms with Gasteiger partial charge in [-0.15, -0.1) is 0 Å². The Kier molecular flexibility index (Phi) is 3.57. The molecule has 1 fully saturated rings. The summed E-state index contributed by atoms with van der Waals surface area (Å²) in [7, 11) is 1.35. The molecule has 1 aliphatic rings. The van der Waals surface area contributed by atoms with Gasteiger partial charge in [-0.2, -0.15) is 0 Å². The van der Waals surface area contributed by atoms with Crippen molar-refractivity contribution in [1.82, 2.24) is 0 Å². The molecular formula is C14H16O3. The summed E-state index contributed by atoms with van der Waals surface area (Å²) in [5.41, 5.74) is 2.11. The molecule has 1 aromatic rings. The molecule has 0 aromatic heterocycles. The van der Waals surface area contributed by atoms with E-state index in [0.717, 1.165) is 24.7 Å². The molecule has 0 amide bonds. The first-order valence-electron chi connectivity index (χ1n) is 5.93. The van der Waals surface area contributed by atoms with Crippen LogP contribution in [0.2, 0.25) is 0 Å². The molecule has 0 bridgehead atoms. The lowest BCUT2D eigenvalue weighted by atomic mass is 9.94. The van der Waals surface area contributed by atoms with Crippen LogP contribution < -0.4 is 0 Å². The van der Waals surface area contributed by atoms with Crippen LogP contribution in [-0.4, -0.2) is 19.4 Å². The molecule has 0 saturated heterocycles. The summed E-state index contributed by atoms with van der Waals surface area (Å²) in [4.78, 5) is 22.4. The highest BCUT2D eigenvalue weighted by Gasteiger charge is 2.19. The van der Waals surface area contributed by atoms with Gasteiger partial charge in [0.2, 0.25) is 0 Å². The van der Waals surface area contributed by atoms with Gasteiger partial charge in [0.05, 0.1) is 12.7 Å². The van der Waals surface area contributed by atoms with Gasteiger partial charge in [-0.05, 0) is 42.5 Å². The lowest BCUT2D eigenvalue weighted by Gasteiger charge is -2.11. The van der Waals surface area contributed by atoms with E-state index in [0.29, 0.717) is 17.0 Å². The molecule has 1 saturated carbocycles. The number of hydrogen-bond donors (Lipinski definition) is 0. The van der Waals surface area contributed by atoms with E-state index < -0.39 is 0 Å². The van der Waals surface area contributed by atoms with E-state index in [9.17, 15) is 9.59 Å². The number of hydrogen-bond acceptors (Lipinski definition) is 3. The molecule has 0 atom stereocenters. The van der Waals surface area contributed by atoms with Gasteiger partial charge in [-0.25, -0.2) is 4.79 Å². The van der Waals surface area contributed by atoms with Crippen molar-refractivity contribution in [2.75, 3.05) is 7.11 Å². The summed E-state index contributed by atoms with van der Waals surface area (Å²) >= 11 is 0. The van der Waals surface area contributed by atoms with Crippen molar-refractivity contribution in [1.29, 1.82) is 0 Å². The highest BCUT2D eigenvalue weighted by atomic mass is 16.5. The predicted octanol–water partition coefficient (Wildman–Crippen LogP) is 2.94. The Morgan fingerprint density at radius 3 is 2.59 bits per heavy atom. The van der Waals surface area contributed by atoms with Crippen LogP contribution in [0.4, 0.5) is 0 Å². The first-order valence-corrected chi connectivity index (χ1v) is 5.93. The lowest BCUT2D eigenvalue weighted by Crippen LogP contribution is -2.04. The summed E-state index contributed by atoms with van der Waals surface area (Å²) in [5.74, 6) is 0.103. The molecule has 1 aliphatic carbocycles. The van der Waals surface area contributed by atoms with Crippen molar-refractivity contribution in [2.45, 2.75) is 31.6 Å². The fraction of sp³-hybridized carbons (Fsp3) is 0.429. The van der Waals surface area contributed by atoms with Crippen molar-refractivity contribution < 1.29 is 14.3 Å². The minimum atomic E-state index is -0.382. The topological polar surface area (TPSA) is 43.4 Å². The van der Waals surface area contributed by atoms with Crippen LogP contribution in [0.15, 0.2) is 18.2 Å². The van der Waals surface area contributed by atoms with Crippen LogP contribution in [-0.2, 0) is 4.74 Å². The number of methoxy groups -OCH3 is 1. The molecule has 0 spiro atoms. The van der Waals surface area contributed by atoms with Crippen LogP contribution in [0.5, 0.6) is 0 Å². The second-order valence-corrected chi connectivity index (χ2v) is 4.48. The van der Waals surface area contributed by atoms with Crippen LogP contribution >= 0.6 is 0 Å². The van der Waals surface area contributed by atoms with Crippen molar-refractivity contribution in [3.63, 3.8) is 0 Å². The average Bonchev–Trinajstić information content (AvgIpc) is 2.91. The zero-order valence-corrected chi connectivity index (χ0v) is 9.94. The molecule has 1 aromatic carbocycles. The Labute approximate surface area is 101 Å². The van der Waals surface area contributed by atoms with Crippen LogP contribution in [0.3, 0.4) is 0 Å². The Balaban J connectivity index is 2.37. The van der Waals surface area contributed by atoms with E-state index in [-0.39, 0.29) is 5.97 Å². The smallest absolute Gasteiger partial charge is 0.337 e.